The van der Waals surface area contributed by atoms with E-state index in [2.05, 4.69) is 15.9 Å². The number of rotatable bonds is 2. The molecule has 2 saturated heterocycles. The van der Waals surface area contributed by atoms with E-state index in [9.17, 15) is 33.9 Å². The van der Waals surface area contributed by atoms with Gasteiger partial charge in [-0.1, -0.05) is 27.6 Å². The number of ether oxygens (including phenoxy) is 1. The number of fused-ring (bicyclic) bond motifs is 4. The molecule has 0 radical (unpaired) electrons. The average molecular weight is 561 g/mol. The van der Waals surface area contributed by atoms with Crippen LogP contribution in [0, 0.1) is 29.6 Å². The van der Waals surface area contributed by atoms with Crippen LogP contribution < -0.4 is 16.2 Å². The third-order valence-electron chi connectivity index (χ3n) is 7.71. The second-order valence-electron chi connectivity index (χ2n) is 9.27. The normalized spacial score (nSPS) is 31.1. The third kappa shape index (κ3) is 3.11. The van der Waals surface area contributed by atoms with Crippen LogP contribution in [0.15, 0.2) is 28.3 Å². The van der Waals surface area contributed by atoms with Crippen LogP contribution in [-0.2, 0) is 19.2 Å². The van der Waals surface area contributed by atoms with Gasteiger partial charge in [-0.3, -0.25) is 19.2 Å². The molecule has 2 aliphatic carbocycles. The third-order valence-corrected chi connectivity index (χ3v) is 8.17. The summed E-state index contributed by atoms with van der Waals surface area (Å²) in [4.78, 5) is 77.2. The lowest BCUT2D eigenvalue weighted by Gasteiger charge is -2.44. The molecule has 2 heterocycles. The number of carbonyl (C=O) groups is 6. The number of phenolic OH excluding ortho intramolecular Hbond substituents is 1. The highest BCUT2D eigenvalue weighted by atomic mass is 79.9. The van der Waals surface area contributed by atoms with E-state index in [0.29, 0.717) is 19.8 Å². The van der Waals surface area contributed by atoms with Gasteiger partial charge >= 0.3 is 12.1 Å². The summed E-state index contributed by atoms with van der Waals surface area (Å²) < 4.78 is 5.77. The van der Waals surface area contributed by atoms with E-state index in [-0.39, 0.29) is 29.9 Å². The molecule has 0 aromatic heterocycles. The topological polar surface area (TPSA) is 190 Å². The molecule has 3 fully saturated rings. The van der Waals surface area contributed by atoms with Gasteiger partial charge in [0.1, 0.15) is 0 Å². The summed E-state index contributed by atoms with van der Waals surface area (Å²) in [6.07, 6.45) is 1.77. The lowest BCUT2D eigenvalue weighted by Crippen LogP contribution is -2.44. The average Bonchev–Trinajstić information content (AvgIpc) is 3.23. The van der Waals surface area contributed by atoms with Gasteiger partial charge < -0.3 is 21.3 Å². The zero-order valence-corrected chi connectivity index (χ0v) is 20.4. The SMILES string of the molecule is COc1cc(Br)cc(C2C3=CCC4C(=O)N(C(N)=O)C(=O)C4C3CC3C(=O)N(C(N)=O)C(=O)C32)c1O. The van der Waals surface area contributed by atoms with Crippen LogP contribution in [0.25, 0.3) is 0 Å². The maximum Gasteiger partial charge on any atom is 0.328 e. The number of nitrogens with zero attached hydrogens (tertiary/aromatic N) is 2. The monoisotopic (exact) mass is 560 g/mol. The molecule has 12 nitrogen and oxygen atoms in total. The zero-order valence-electron chi connectivity index (χ0n) is 18.8. The van der Waals surface area contributed by atoms with Crippen molar-refractivity contribution in [2.45, 2.75) is 18.8 Å². The molecule has 0 bridgehead atoms. The van der Waals surface area contributed by atoms with Gasteiger partial charge in [0.2, 0.25) is 23.6 Å². The molecule has 1 aromatic rings. The number of aromatic hydroxyl groups is 1. The van der Waals surface area contributed by atoms with Gasteiger partial charge in [-0.15, -0.1) is 0 Å². The van der Waals surface area contributed by atoms with Gasteiger partial charge in [0.25, 0.3) is 0 Å². The summed E-state index contributed by atoms with van der Waals surface area (Å²) in [5.74, 6) is -8.95. The Morgan fingerprint density at radius 2 is 1.53 bits per heavy atom. The predicted molar refractivity (Wildman–Crippen MR) is 123 cm³/mol. The van der Waals surface area contributed by atoms with Crippen molar-refractivity contribution in [3.63, 3.8) is 0 Å². The number of imide groups is 6. The van der Waals surface area contributed by atoms with E-state index >= 15 is 0 Å². The number of hydrogen-bond acceptors (Lipinski definition) is 8. The van der Waals surface area contributed by atoms with E-state index < -0.39 is 71.2 Å². The molecule has 8 amide bonds. The largest absolute Gasteiger partial charge is 0.504 e. The van der Waals surface area contributed by atoms with Crippen molar-refractivity contribution in [2.75, 3.05) is 7.11 Å². The summed E-state index contributed by atoms with van der Waals surface area (Å²) in [6.45, 7) is 0. The molecule has 1 saturated carbocycles. The Balaban J connectivity index is 1.71. The van der Waals surface area contributed by atoms with Gasteiger partial charge in [0, 0.05) is 16.0 Å². The van der Waals surface area contributed by atoms with E-state index in [0.717, 1.165) is 0 Å². The van der Waals surface area contributed by atoms with Crippen LogP contribution in [0.1, 0.15) is 24.3 Å². The minimum Gasteiger partial charge on any atom is -0.504 e. The van der Waals surface area contributed by atoms with E-state index in [4.69, 9.17) is 16.2 Å². The quantitative estimate of drug-likeness (QED) is 0.351. The number of carbonyl (C=O) groups excluding carboxylic acids is 6. The molecule has 6 atom stereocenters. The number of phenols is 1. The van der Waals surface area contributed by atoms with Crippen LogP contribution in [0.2, 0.25) is 0 Å². The summed E-state index contributed by atoms with van der Waals surface area (Å²) in [5, 5.41) is 11.0. The summed E-state index contributed by atoms with van der Waals surface area (Å²) in [6, 6.07) is 0.670. The number of halogens is 1. The zero-order chi connectivity index (χ0) is 26.2. The first-order chi connectivity index (χ1) is 17.0. The first-order valence-electron chi connectivity index (χ1n) is 11.1. The van der Waals surface area contributed by atoms with Crippen LogP contribution >= 0.6 is 15.9 Å². The van der Waals surface area contributed by atoms with Crippen molar-refractivity contribution in [1.82, 2.24) is 9.80 Å². The van der Waals surface area contributed by atoms with Crippen molar-refractivity contribution in [3.8, 4) is 11.5 Å². The van der Waals surface area contributed by atoms with E-state index in [1.807, 2.05) is 0 Å². The first kappa shape index (κ1) is 24.0. The summed E-state index contributed by atoms with van der Waals surface area (Å²) in [5.41, 5.74) is 11.4. The standard InChI is InChI=1S/C23H21BrN4O8/c1-36-13-5-7(24)4-11(17(13)29)14-8-2-3-9-15(20(32)27(18(9)30)22(25)34)10(8)6-12-16(14)21(33)28(19(12)31)23(26)35/h2,4-5,9-10,12,14-16,29H,3,6H2,1H3,(H2,25,34)(H2,26,35). The van der Waals surface area contributed by atoms with Crippen molar-refractivity contribution in [2.24, 2.45) is 41.1 Å². The number of primary amides is 2. The fourth-order valence-electron chi connectivity index (χ4n) is 6.36. The summed E-state index contributed by atoms with van der Waals surface area (Å²) >= 11 is 3.36. The minimum absolute atomic E-state index is 0.0277. The van der Waals surface area contributed by atoms with Gasteiger partial charge in [-0.25, -0.2) is 9.59 Å². The maximum absolute atomic E-state index is 13.3. The first-order valence-corrected chi connectivity index (χ1v) is 11.9. The van der Waals surface area contributed by atoms with Crippen molar-refractivity contribution >= 4 is 51.6 Å². The Morgan fingerprint density at radius 1 is 0.944 bits per heavy atom. The van der Waals surface area contributed by atoms with Crippen LogP contribution in [0.3, 0.4) is 0 Å². The highest BCUT2D eigenvalue weighted by Gasteiger charge is 2.63. The second kappa shape index (κ2) is 8.15. The molecule has 0 spiro atoms. The molecule has 6 unspecified atom stereocenters. The highest BCUT2D eigenvalue weighted by molar-refractivity contribution is 9.10. The lowest BCUT2D eigenvalue weighted by molar-refractivity contribution is -0.138. The molecule has 4 aliphatic rings. The van der Waals surface area contributed by atoms with Gasteiger partial charge in [-0.2, -0.15) is 9.80 Å². The molecular formula is C23H21BrN4O8. The van der Waals surface area contributed by atoms with E-state index in [1.165, 1.54) is 13.2 Å². The number of likely N-dealkylation sites (tertiary alicyclic amines) is 2. The molecular weight excluding hydrogens is 540 g/mol. The Morgan fingerprint density at radius 3 is 2.11 bits per heavy atom. The number of nitrogens with two attached hydrogens (primary N) is 2. The molecule has 13 heteroatoms. The number of amides is 8. The molecule has 5 rings (SSSR count). The van der Waals surface area contributed by atoms with Crippen molar-refractivity contribution in [1.29, 1.82) is 0 Å². The van der Waals surface area contributed by atoms with Crippen LogP contribution in [0.4, 0.5) is 9.59 Å². The smallest absolute Gasteiger partial charge is 0.328 e. The van der Waals surface area contributed by atoms with E-state index in [1.54, 1.807) is 12.1 Å². The molecule has 1 aromatic carbocycles. The molecule has 2 aliphatic heterocycles. The van der Waals surface area contributed by atoms with Gasteiger partial charge in [0.05, 0.1) is 30.8 Å². The Kier molecular flexibility index (Phi) is 5.43. The van der Waals surface area contributed by atoms with Crippen molar-refractivity contribution in [3.05, 3.63) is 33.8 Å². The molecule has 188 valence electrons. The number of allylic oxidation sites excluding steroid dienone is 2. The highest BCUT2D eigenvalue weighted by Crippen LogP contribution is 2.59. The molecule has 5 N–H and O–H groups in total. The number of urea groups is 2. The maximum atomic E-state index is 13.3. The van der Waals surface area contributed by atoms with Gasteiger partial charge in [0.15, 0.2) is 11.5 Å². The van der Waals surface area contributed by atoms with Crippen LogP contribution in [-0.4, -0.2) is 57.7 Å². The fourth-order valence-corrected chi connectivity index (χ4v) is 6.81. The van der Waals surface area contributed by atoms with Crippen LogP contribution in [0.5, 0.6) is 11.5 Å². The number of benzene rings is 1. The molecule has 36 heavy (non-hydrogen) atoms. The minimum atomic E-state index is -1.23. The number of methoxy groups -OCH3 is 1. The number of hydrogen-bond donors (Lipinski definition) is 3. The fraction of sp³-hybridized carbons (Fsp3) is 0.391. The van der Waals surface area contributed by atoms with Crippen molar-refractivity contribution < 1.29 is 38.6 Å². The Bertz CT molecular complexity index is 1310. The lowest BCUT2D eigenvalue weighted by atomic mass is 9.57. The predicted octanol–water partition coefficient (Wildman–Crippen LogP) is 0.957. The second-order valence-corrected chi connectivity index (χ2v) is 10.2. The summed E-state index contributed by atoms with van der Waals surface area (Å²) in [7, 11) is 1.35. The Hall–Kier alpha value is -3.74. The van der Waals surface area contributed by atoms with Gasteiger partial charge in [-0.05, 0) is 30.9 Å². The Labute approximate surface area is 212 Å².